The average molecular weight is 313 g/mol. The van der Waals surface area contributed by atoms with Gasteiger partial charge in [0, 0.05) is 31.9 Å². The monoisotopic (exact) mass is 313 g/mol. The van der Waals surface area contributed by atoms with E-state index in [0.29, 0.717) is 23.5 Å². The second-order valence-corrected chi connectivity index (χ2v) is 8.38. The van der Waals surface area contributed by atoms with E-state index in [1.54, 1.807) is 0 Å². The Morgan fingerprint density at radius 1 is 1.52 bits per heavy atom. The molecule has 0 radical (unpaired) electrons. The van der Waals surface area contributed by atoms with Crippen molar-refractivity contribution in [3.05, 3.63) is 18.2 Å². The van der Waals surface area contributed by atoms with Crippen molar-refractivity contribution < 1.29 is 8.42 Å². The first-order chi connectivity index (χ1) is 10.00. The zero-order chi connectivity index (χ0) is 15.3. The third-order valence-corrected chi connectivity index (χ3v) is 6.10. The van der Waals surface area contributed by atoms with E-state index in [0.717, 1.165) is 44.5 Å². The first-order valence-electron chi connectivity index (χ1n) is 7.90. The van der Waals surface area contributed by atoms with Gasteiger partial charge in [0.25, 0.3) is 0 Å². The van der Waals surface area contributed by atoms with Crippen molar-refractivity contribution in [2.45, 2.75) is 45.1 Å². The molecule has 2 atom stereocenters. The number of nitrogens with one attached hydrogen (secondary N) is 1. The minimum absolute atomic E-state index is 0.325. The third-order valence-electron chi connectivity index (χ3n) is 4.26. The predicted octanol–water partition coefficient (Wildman–Crippen LogP) is 1.55. The van der Waals surface area contributed by atoms with Gasteiger partial charge in [-0.25, -0.2) is 13.4 Å². The molecule has 5 nitrogen and oxygen atoms in total. The van der Waals surface area contributed by atoms with Gasteiger partial charge in [-0.1, -0.05) is 6.92 Å². The lowest BCUT2D eigenvalue weighted by Gasteiger charge is -2.21. The molecule has 0 spiro atoms. The van der Waals surface area contributed by atoms with Gasteiger partial charge < -0.3 is 9.88 Å². The van der Waals surface area contributed by atoms with Crippen LogP contribution in [-0.2, 0) is 23.3 Å². The molecule has 0 amide bonds. The lowest BCUT2D eigenvalue weighted by atomic mass is 9.96. The largest absolute Gasteiger partial charge is 0.338 e. The van der Waals surface area contributed by atoms with Gasteiger partial charge in [0.15, 0.2) is 9.84 Å². The molecule has 1 fully saturated rings. The summed E-state index contributed by atoms with van der Waals surface area (Å²) in [6.45, 7) is 3.15. The van der Waals surface area contributed by atoms with Gasteiger partial charge in [0.1, 0.15) is 5.82 Å². The number of hydrogen-bond donors (Lipinski definition) is 1. The number of nitrogens with zero attached hydrogens (tertiary/aromatic N) is 2. The van der Waals surface area contributed by atoms with Crippen molar-refractivity contribution in [2.24, 2.45) is 13.0 Å². The van der Waals surface area contributed by atoms with Gasteiger partial charge >= 0.3 is 0 Å². The second-order valence-electron chi connectivity index (χ2n) is 6.15. The lowest BCUT2D eigenvalue weighted by molar-refractivity contribution is 0.384. The molecule has 1 N–H and O–H groups in total. The van der Waals surface area contributed by atoms with E-state index in [9.17, 15) is 8.42 Å². The Morgan fingerprint density at radius 2 is 2.33 bits per heavy atom. The average Bonchev–Trinajstić information content (AvgIpc) is 2.98. The fourth-order valence-corrected chi connectivity index (χ4v) is 4.93. The van der Waals surface area contributed by atoms with Crippen LogP contribution in [0.1, 0.15) is 38.4 Å². The highest BCUT2D eigenvalue weighted by Gasteiger charge is 2.29. The smallest absolute Gasteiger partial charge is 0.150 e. The van der Waals surface area contributed by atoms with Crippen molar-refractivity contribution in [3.63, 3.8) is 0 Å². The normalized spacial score (nSPS) is 22.5. The van der Waals surface area contributed by atoms with Gasteiger partial charge in [-0.05, 0) is 38.1 Å². The topological polar surface area (TPSA) is 64.0 Å². The molecule has 1 aliphatic heterocycles. The van der Waals surface area contributed by atoms with Crippen molar-refractivity contribution in [1.82, 2.24) is 14.9 Å². The molecule has 6 heteroatoms. The number of imidazole rings is 1. The molecule has 0 aliphatic carbocycles. The van der Waals surface area contributed by atoms with Crippen molar-refractivity contribution in [3.8, 4) is 0 Å². The standard InChI is InChI=1S/C15H27N3O2S/c1-3-7-16-14(4-5-15-17-8-9-18(15)2)11-13-6-10-21(19,20)12-13/h8-9,13-14,16H,3-7,10-12H2,1-2H3. The van der Waals surface area contributed by atoms with E-state index in [-0.39, 0.29) is 0 Å². The molecule has 1 aromatic rings. The highest BCUT2D eigenvalue weighted by Crippen LogP contribution is 2.24. The molecule has 21 heavy (non-hydrogen) atoms. The summed E-state index contributed by atoms with van der Waals surface area (Å²) in [6, 6.07) is 0.389. The highest BCUT2D eigenvalue weighted by molar-refractivity contribution is 7.91. The molecule has 0 aromatic carbocycles. The molecule has 1 saturated heterocycles. The highest BCUT2D eigenvalue weighted by atomic mass is 32.2. The number of aryl methyl sites for hydroxylation is 2. The zero-order valence-corrected chi connectivity index (χ0v) is 13.9. The number of aromatic nitrogens is 2. The third kappa shape index (κ3) is 5.11. The van der Waals surface area contributed by atoms with E-state index >= 15 is 0 Å². The minimum Gasteiger partial charge on any atom is -0.338 e. The lowest BCUT2D eigenvalue weighted by Crippen LogP contribution is -2.33. The summed E-state index contributed by atoms with van der Waals surface area (Å²) in [5.74, 6) is 2.17. The molecular formula is C15H27N3O2S. The summed E-state index contributed by atoms with van der Waals surface area (Å²) in [5.41, 5.74) is 0. The second kappa shape index (κ2) is 7.40. The van der Waals surface area contributed by atoms with Crippen LogP contribution in [-0.4, -0.2) is 42.1 Å². The van der Waals surface area contributed by atoms with Gasteiger partial charge in [0.2, 0.25) is 0 Å². The van der Waals surface area contributed by atoms with Crippen LogP contribution in [0.5, 0.6) is 0 Å². The van der Waals surface area contributed by atoms with Gasteiger partial charge in [-0.2, -0.15) is 0 Å². The molecular weight excluding hydrogens is 286 g/mol. The molecule has 2 rings (SSSR count). The fourth-order valence-electron chi connectivity index (χ4n) is 3.05. The van der Waals surface area contributed by atoms with E-state index in [1.165, 1.54) is 0 Å². The molecule has 1 aliphatic rings. The van der Waals surface area contributed by atoms with Crippen molar-refractivity contribution >= 4 is 9.84 Å². The van der Waals surface area contributed by atoms with E-state index in [2.05, 4.69) is 21.8 Å². The molecule has 0 saturated carbocycles. The Bertz CT molecular complexity index is 539. The maximum absolute atomic E-state index is 11.6. The van der Waals surface area contributed by atoms with Gasteiger partial charge in [-0.3, -0.25) is 0 Å². The van der Waals surface area contributed by atoms with Crippen LogP contribution in [0.2, 0.25) is 0 Å². The Hall–Kier alpha value is -0.880. The van der Waals surface area contributed by atoms with Crippen LogP contribution in [0.25, 0.3) is 0 Å². The van der Waals surface area contributed by atoms with Gasteiger partial charge in [-0.15, -0.1) is 0 Å². The van der Waals surface area contributed by atoms with Crippen molar-refractivity contribution in [1.29, 1.82) is 0 Å². The molecule has 0 bridgehead atoms. The summed E-state index contributed by atoms with van der Waals surface area (Å²) in [7, 11) is -0.756. The maximum atomic E-state index is 11.6. The van der Waals surface area contributed by atoms with E-state index < -0.39 is 9.84 Å². The fraction of sp³-hybridized carbons (Fsp3) is 0.800. The predicted molar refractivity (Wildman–Crippen MR) is 85.0 cm³/mol. The van der Waals surface area contributed by atoms with Crippen LogP contribution < -0.4 is 5.32 Å². The van der Waals surface area contributed by atoms with Crippen molar-refractivity contribution in [2.75, 3.05) is 18.1 Å². The van der Waals surface area contributed by atoms with Crippen LogP contribution in [0, 0.1) is 5.92 Å². The number of sulfone groups is 1. The van der Waals surface area contributed by atoms with Crippen LogP contribution in [0.4, 0.5) is 0 Å². The first-order valence-corrected chi connectivity index (χ1v) is 9.72. The van der Waals surface area contributed by atoms with Crippen LogP contribution in [0.15, 0.2) is 12.4 Å². The Balaban J connectivity index is 1.87. The number of hydrogen-bond acceptors (Lipinski definition) is 4. The Labute approximate surface area is 128 Å². The molecule has 120 valence electrons. The first kappa shape index (κ1) is 16.5. The zero-order valence-electron chi connectivity index (χ0n) is 13.1. The van der Waals surface area contributed by atoms with Crippen LogP contribution in [0.3, 0.4) is 0 Å². The summed E-state index contributed by atoms with van der Waals surface area (Å²) in [4.78, 5) is 4.36. The molecule has 2 heterocycles. The van der Waals surface area contributed by atoms with Gasteiger partial charge in [0.05, 0.1) is 11.5 Å². The quantitative estimate of drug-likeness (QED) is 0.791. The van der Waals surface area contributed by atoms with E-state index in [4.69, 9.17) is 0 Å². The maximum Gasteiger partial charge on any atom is 0.150 e. The minimum atomic E-state index is -2.77. The Morgan fingerprint density at radius 3 is 2.90 bits per heavy atom. The summed E-state index contributed by atoms with van der Waals surface area (Å²) >= 11 is 0. The molecule has 1 aromatic heterocycles. The molecule has 2 unspecified atom stereocenters. The van der Waals surface area contributed by atoms with E-state index in [1.807, 2.05) is 19.4 Å². The van der Waals surface area contributed by atoms with Crippen LogP contribution >= 0.6 is 0 Å². The number of rotatable bonds is 8. The summed E-state index contributed by atoms with van der Waals surface area (Å²) in [5, 5.41) is 3.57. The Kier molecular flexibility index (Phi) is 5.81. The summed E-state index contributed by atoms with van der Waals surface area (Å²) < 4.78 is 25.2. The summed E-state index contributed by atoms with van der Waals surface area (Å²) in [6.07, 6.45) is 8.63. The SMILES string of the molecule is CCCNC(CCc1nccn1C)CC1CCS(=O)(=O)C1.